The fourth-order valence-corrected chi connectivity index (χ4v) is 2.52. The van der Waals surface area contributed by atoms with E-state index in [4.69, 9.17) is 9.57 Å². The maximum atomic E-state index is 5.26. The molecule has 3 aliphatic heterocycles. The Morgan fingerprint density at radius 1 is 1.35 bits per heavy atom. The molecule has 0 N–H and O–H groups in total. The zero-order chi connectivity index (χ0) is 13.6. The topological polar surface area (TPSA) is 60.1 Å². The van der Waals surface area contributed by atoms with E-state index >= 15 is 0 Å². The van der Waals surface area contributed by atoms with E-state index in [1.54, 1.807) is 6.07 Å². The third-order valence-electron chi connectivity index (χ3n) is 3.59. The van der Waals surface area contributed by atoms with E-state index in [-0.39, 0.29) is 6.61 Å². The van der Waals surface area contributed by atoms with Gasteiger partial charge in [-0.1, -0.05) is 17.0 Å². The predicted octanol–water partition coefficient (Wildman–Crippen LogP) is 1.16. The van der Waals surface area contributed by atoms with Crippen molar-refractivity contribution >= 4 is 5.71 Å². The molecule has 1 aromatic heterocycles. The molecule has 3 saturated heterocycles. The standard InChI is InChI=1S/C14H17N3O3/c1(8-18-14-5-10-20-16-14)2-9-19-15-13-11-17-6-3-12(13)4-7-17/h5,10,12H,3-4,6-9,11H2/b15-13+. The molecule has 0 amide bonds. The lowest BCUT2D eigenvalue weighted by atomic mass is 9.87. The Labute approximate surface area is 117 Å². The van der Waals surface area contributed by atoms with Crippen LogP contribution in [-0.4, -0.2) is 48.6 Å². The number of aromatic nitrogens is 1. The highest BCUT2D eigenvalue weighted by molar-refractivity contribution is 5.89. The number of nitrogens with zero attached hydrogens (tertiary/aromatic N) is 3. The average Bonchev–Trinajstić information content (AvgIpc) is 3.01. The summed E-state index contributed by atoms with van der Waals surface area (Å²) in [6.07, 6.45) is 3.87. The summed E-state index contributed by atoms with van der Waals surface area (Å²) in [7, 11) is 0. The van der Waals surface area contributed by atoms with Crippen molar-refractivity contribution < 1.29 is 14.1 Å². The molecule has 0 unspecified atom stereocenters. The van der Waals surface area contributed by atoms with Gasteiger partial charge in [0.05, 0.1) is 5.71 Å². The zero-order valence-corrected chi connectivity index (χ0v) is 11.2. The van der Waals surface area contributed by atoms with Gasteiger partial charge in [-0.2, -0.15) is 0 Å². The molecule has 4 rings (SSSR count). The van der Waals surface area contributed by atoms with E-state index in [1.165, 1.54) is 37.9 Å². The number of oxime groups is 1. The lowest BCUT2D eigenvalue weighted by molar-refractivity contribution is 0.155. The zero-order valence-electron chi connectivity index (χ0n) is 11.2. The van der Waals surface area contributed by atoms with Gasteiger partial charge in [0.2, 0.25) is 0 Å². The molecule has 6 heteroatoms. The van der Waals surface area contributed by atoms with Gasteiger partial charge in [0.15, 0.2) is 13.2 Å². The molecule has 0 aliphatic carbocycles. The van der Waals surface area contributed by atoms with E-state index in [2.05, 4.69) is 31.6 Å². The van der Waals surface area contributed by atoms with Gasteiger partial charge in [-0.3, -0.25) is 4.90 Å². The Morgan fingerprint density at radius 2 is 2.20 bits per heavy atom. The summed E-state index contributed by atoms with van der Waals surface area (Å²) >= 11 is 0. The molecule has 4 heterocycles. The Balaban J connectivity index is 1.36. The molecule has 2 bridgehead atoms. The molecule has 6 nitrogen and oxygen atoms in total. The molecule has 0 saturated carbocycles. The van der Waals surface area contributed by atoms with Crippen LogP contribution >= 0.6 is 0 Å². The lowest BCUT2D eigenvalue weighted by Gasteiger charge is -2.39. The maximum Gasteiger partial charge on any atom is 0.254 e. The molecule has 20 heavy (non-hydrogen) atoms. The van der Waals surface area contributed by atoms with Gasteiger partial charge in [0, 0.05) is 18.5 Å². The van der Waals surface area contributed by atoms with Crippen molar-refractivity contribution in [3.8, 4) is 17.7 Å². The number of ether oxygens (including phenoxy) is 1. The number of hydrogen-bond donors (Lipinski definition) is 0. The first-order valence-corrected chi connectivity index (χ1v) is 6.82. The van der Waals surface area contributed by atoms with Crippen molar-refractivity contribution in [1.82, 2.24) is 10.1 Å². The molecule has 1 aromatic rings. The molecule has 106 valence electrons. The average molecular weight is 275 g/mol. The van der Waals surface area contributed by atoms with Gasteiger partial charge in [-0.05, 0) is 31.1 Å². The highest BCUT2D eigenvalue weighted by atomic mass is 16.6. The predicted molar refractivity (Wildman–Crippen MR) is 72.3 cm³/mol. The molecule has 0 aromatic carbocycles. The van der Waals surface area contributed by atoms with E-state index in [0.29, 0.717) is 18.4 Å². The van der Waals surface area contributed by atoms with Gasteiger partial charge < -0.3 is 14.1 Å². The third kappa shape index (κ3) is 3.31. The summed E-state index contributed by atoms with van der Waals surface area (Å²) in [4.78, 5) is 7.68. The van der Waals surface area contributed by atoms with Crippen LogP contribution in [0, 0.1) is 17.8 Å². The van der Waals surface area contributed by atoms with Crippen LogP contribution in [0.2, 0.25) is 0 Å². The summed E-state index contributed by atoms with van der Waals surface area (Å²) in [5.41, 5.74) is 1.17. The van der Waals surface area contributed by atoms with Crippen LogP contribution in [0.3, 0.4) is 0 Å². The number of rotatable bonds is 4. The van der Waals surface area contributed by atoms with Gasteiger partial charge >= 0.3 is 0 Å². The van der Waals surface area contributed by atoms with Crippen molar-refractivity contribution in [2.45, 2.75) is 12.8 Å². The SMILES string of the molecule is C(#CCOc1ccon1)CO/N=C1\CN2CCC1CC2. The first-order chi connectivity index (χ1) is 9.92. The van der Waals surface area contributed by atoms with Crippen LogP contribution in [0.15, 0.2) is 22.0 Å². The number of hydrogen-bond acceptors (Lipinski definition) is 6. The van der Waals surface area contributed by atoms with E-state index in [0.717, 1.165) is 6.54 Å². The first-order valence-electron chi connectivity index (χ1n) is 6.82. The maximum absolute atomic E-state index is 5.26. The van der Waals surface area contributed by atoms with Gasteiger partial charge in [-0.25, -0.2) is 0 Å². The van der Waals surface area contributed by atoms with Crippen molar-refractivity contribution in [3.05, 3.63) is 12.3 Å². The normalized spacial score (nSPS) is 26.1. The van der Waals surface area contributed by atoms with Crippen LogP contribution in [0.25, 0.3) is 0 Å². The Morgan fingerprint density at radius 3 is 2.90 bits per heavy atom. The minimum Gasteiger partial charge on any atom is -0.462 e. The van der Waals surface area contributed by atoms with Crippen molar-refractivity contribution in [3.63, 3.8) is 0 Å². The molecular weight excluding hydrogens is 258 g/mol. The summed E-state index contributed by atoms with van der Waals surface area (Å²) < 4.78 is 9.84. The Hall–Kier alpha value is -2.00. The second-order valence-electron chi connectivity index (χ2n) is 4.89. The Bertz CT molecular complexity index is 508. The van der Waals surface area contributed by atoms with Crippen LogP contribution < -0.4 is 4.74 Å². The molecule has 0 spiro atoms. The minimum atomic E-state index is 0.267. The van der Waals surface area contributed by atoms with Gasteiger partial charge in [0.25, 0.3) is 5.88 Å². The van der Waals surface area contributed by atoms with Gasteiger partial charge in [-0.15, -0.1) is 0 Å². The van der Waals surface area contributed by atoms with Crippen LogP contribution in [0.1, 0.15) is 12.8 Å². The molecular formula is C14H17N3O3. The first kappa shape index (κ1) is 13.0. The molecule has 0 atom stereocenters. The number of piperidine rings is 3. The van der Waals surface area contributed by atoms with E-state index in [1.807, 2.05) is 0 Å². The summed E-state index contributed by atoms with van der Waals surface area (Å²) in [5.74, 6) is 6.74. The second-order valence-corrected chi connectivity index (χ2v) is 4.89. The van der Waals surface area contributed by atoms with E-state index < -0.39 is 0 Å². The van der Waals surface area contributed by atoms with Gasteiger partial charge in [0.1, 0.15) is 6.26 Å². The van der Waals surface area contributed by atoms with Crippen molar-refractivity contribution in [2.24, 2.45) is 11.1 Å². The smallest absolute Gasteiger partial charge is 0.254 e. The highest BCUT2D eigenvalue weighted by Gasteiger charge is 2.31. The fraction of sp³-hybridized carbons (Fsp3) is 0.571. The second kappa shape index (κ2) is 6.44. The lowest BCUT2D eigenvalue weighted by Crippen LogP contribution is -2.47. The van der Waals surface area contributed by atoms with Crippen LogP contribution in [-0.2, 0) is 4.84 Å². The van der Waals surface area contributed by atoms with E-state index in [9.17, 15) is 0 Å². The monoisotopic (exact) mass is 275 g/mol. The van der Waals surface area contributed by atoms with Crippen molar-refractivity contribution in [2.75, 3.05) is 32.8 Å². The highest BCUT2D eigenvalue weighted by Crippen LogP contribution is 2.25. The Kier molecular flexibility index (Phi) is 4.19. The summed E-state index contributed by atoms with van der Waals surface area (Å²) in [5, 5.41) is 7.83. The summed E-state index contributed by atoms with van der Waals surface area (Å²) in [6.45, 7) is 3.90. The van der Waals surface area contributed by atoms with Crippen LogP contribution in [0.5, 0.6) is 5.88 Å². The minimum absolute atomic E-state index is 0.267. The molecule has 3 fully saturated rings. The summed E-state index contributed by atoms with van der Waals surface area (Å²) in [6, 6.07) is 1.64. The third-order valence-corrected chi connectivity index (χ3v) is 3.59. The molecule has 0 radical (unpaired) electrons. The van der Waals surface area contributed by atoms with Crippen LogP contribution in [0.4, 0.5) is 0 Å². The van der Waals surface area contributed by atoms with Crippen molar-refractivity contribution in [1.29, 1.82) is 0 Å². The fourth-order valence-electron chi connectivity index (χ4n) is 2.52. The molecule has 3 aliphatic rings. The quantitative estimate of drug-likeness (QED) is 0.469. The number of fused-ring (bicyclic) bond motifs is 3. The largest absolute Gasteiger partial charge is 0.462 e.